The van der Waals surface area contributed by atoms with E-state index in [1.165, 1.54) is 0 Å². The Balaban J connectivity index is -0.000000130. The maximum absolute atomic E-state index is 10.7. The summed E-state index contributed by atoms with van der Waals surface area (Å²) in [5, 5.41) is 0. The van der Waals surface area contributed by atoms with E-state index in [1.807, 2.05) is 0 Å². The molecule has 0 saturated carbocycles. The second-order valence-electron chi connectivity index (χ2n) is 2.76. The van der Waals surface area contributed by atoms with Crippen LogP contribution in [0.4, 0.5) is 39.5 Å². The molecule has 0 aromatic carbocycles. The van der Waals surface area contributed by atoms with Gasteiger partial charge in [0.2, 0.25) is 0 Å². The van der Waals surface area contributed by atoms with Crippen LogP contribution in [0, 0.1) is 37.3 Å². The molecule has 162 valence electrons. The first-order valence-corrected chi connectivity index (χ1v) is 8.18. The van der Waals surface area contributed by atoms with Gasteiger partial charge in [-0.05, 0) is 0 Å². The van der Waals surface area contributed by atoms with E-state index in [4.69, 9.17) is 38.9 Å². The standard InChI is InChI=1S/3CHF3O3S.Er/c3*2-1(3,4)8(5,6)7;/h3*(H,5,6,7);. The smallest absolute Gasteiger partial charge is 0.279 e. The van der Waals surface area contributed by atoms with Crippen molar-refractivity contribution >= 4 is 30.4 Å². The molecular formula is C3H3ErF9O9S3. The van der Waals surface area contributed by atoms with Crippen LogP contribution in [0.1, 0.15) is 0 Å². The monoisotopic (exact) mass is 616 g/mol. The summed E-state index contributed by atoms with van der Waals surface area (Å²) in [4.78, 5) is 0. The van der Waals surface area contributed by atoms with Crippen molar-refractivity contribution in [1.82, 2.24) is 0 Å². The molecule has 0 unspecified atom stereocenters. The van der Waals surface area contributed by atoms with Crippen LogP contribution >= 0.6 is 0 Å². The third kappa shape index (κ3) is 16.3. The molecule has 0 bridgehead atoms. The Morgan fingerprint density at radius 3 is 0.480 bits per heavy atom. The average molecular weight is 617 g/mol. The van der Waals surface area contributed by atoms with E-state index >= 15 is 0 Å². The van der Waals surface area contributed by atoms with E-state index in [1.54, 1.807) is 0 Å². The maximum Gasteiger partial charge on any atom is 0.522 e. The van der Waals surface area contributed by atoms with Crippen molar-refractivity contribution in [2.24, 2.45) is 0 Å². The van der Waals surface area contributed by atoms with Gasteiger partial charge in [-0.1, -0.05) is 0 Å². The molecule has 0 atom stereocenters. The number of alkyl halides is 9. The van der Waals surface area contributed by atoms with Crippen LogP contribution in [-0.2, 0) is 30.4 Å². The van der Waals surface area contributed by atoms with Crippen LogP contribution in [-0.4, -0.2) is 55.4 Å². The first-order chi connectivity index (χ1) is 9.75. The third-order valence-corrected chi connectivity index (χ3v) is 2.63. The molecule has 3 N–H and O–H groups in total. The van der Waals surface area contributed by atoms with E-state index < -0.39 is 46.9 Å². The third-order valence-electron chi connectivity index (χ3n) is 0.877. The molecule has 0 aliphatic rings. The Labute approximate surface area is 162 Å². The minimum Gasteiger partial charge on any atom is -0.279 e. The van der Waals surface area contributed by atoms with Crippen LogP contribution < -0.4 is 0 Å². The summed E-state index contributed by atoms with van der Waals surface area (Å²) < 4.78 is 173. The predicted octanol–water partition coefficient (Wildman–Crippen LogP) is 1.18. The molecule has 0 fully saturated rings. The molecule has 0 heterocycles. The molecule has 0 aromatic rings. The van der Waals surface area contributed by atoms with Gasteiger partial charge in [-0.25, -0.2) is 0 Å². The van der Waals surface area contributed by atoms with E-state index in [2.05, 4.69) is 0 Å². The van der Waals surface area contributed by atoms with Crippen LogP contribution in [0.15, 0.2) is 0 Å². The van der Waals surface area contributed by atoms with E-state index in [0.717, 1.165) is 0 Å². The maximum atomic E-state index is 10.7. The van der Waals surface area contributed by atoms with Crippen molar-refractivity contribution in [3.8, 4) is 0 Å². The second-order valence-corrected chi connectivity index (χ2v) is 7.00. The summed E-state index contributed by atoms with van der Waals surface area (Å²) in [6.45, 7) is 0. The molecule has 0 aliphatic carbocycles. The summed E-state index contributed by atoms with van der Waals surface area (Å²) in [5.74, 6) is 0. The van der Waals surface area contributed by atoms with Gasteiger partial charge in [0.15, 0.2) is 0 Å². The molecule has 0 spiro atoms. The summed E-state index contributed by atoms with van der Waals surface area (Å²) in [5.41, 5.74) is -16.6. The van der Waals surface area contributed by atoms with Crippen molar-refractivity contribution in [2.45, 2.75) is 16.5 Å². The molecule has 0 amide bonds. The second kappa shape index (κ2) is 10.0. The summed E-state index contributed by atoms with van der Waals surface area (Å²) in [6.07, 6.45) is 0. The van der Waals surface area contributed by atoms with Crippen molar-refractivity contribution < 1.29 is 116 Å². The molecule has 22 heteroatoms. The quantitative estimate of drug-likeness (QED) is 0.206. The molecule has 0 rings (SSSR count). The zero-order valence-corrected chi connectivity index (χ0v) is 14.5. The molecule has 0 aromatic heterocycles. The topological polar surface area (TPSA) is 163 Å². The van der Waals surface area contributed by atoms with Crippen LogP contribution in [0.3, 0.4) is 0 Å². The molecular weight excluding hydrogens is 614 g/mol. The summed E-state index contributed by atoms with van der Waals surface area (Å²) in [7, 11) is -17.5. The van der Waals surface area contributed by atoms with Gasteiger partial charge < -0.3 is 0 Å². The van der Waals surface area contributed by atoms with Crippen molar-refractivity contribution in [3.63, 3.8) is 0 Å². The zero-order chi connectivity index (χ0) is 21.0. The van der Waals surface area contributed by atoms with Crippen LogP contribution in [0.25, 0.3) is 0 Å². The van der Waals surface area contributed by atoms with Crippen molar-refractivity contribution in [1.29, 1.82) is 0 Å². The number of hydrogen-bond acceptors (Lipinski definition) is 6. The SMILES string of the molecule is O=S(=O)(O)C(F)(F)F.O=S(=O)(O)C(F)(F)F.O=S(=O)(O)C(F)(F)F.[Er]. The first-order valence-electron chi connectivity index (χ1n) is 3.86. The van der Waals surface area contributed by atoms with Gasteiger partial charge in [0.05, 0.1) is 0 Å². The largest absolute Gasteiger partial charge is 0.522 e. The first kappa shape index (κ1) is 33.0. The van der Waals surface area contributed by atoms with Gasteiger partial charge in [-0.2, -0.15) is 64.8 Å². The Hall–Kier alpha value is 0.347. The van der Waals surface area contributed by atoms with Gasteiger partial charge in [0.1, 0.15) is 0 Å². The predicted molar refractivity (Wildman–Crippen MR) is 52.8 cm³/mol. The average Bonchev–Trinajstić information content (AvgIpc) is 2.08. The van der Waals surface area contributed by atoms with Crippen LogP contribution in [0.5, 0.6) is 0 Å². The summed E-state index contributed by atoms with van der Waals surface area (Å²) >= 11 is 0. The minimum atomic E-state index is -5.84. The van der Waals surface area contributed by atoms with Gasteiger partial charge >= 0.3 is 46.9 Å². The van der Waals surface area contributed by atoms with E-state index in [9.17, 15) is 39.5 Å². The fourth-order valence-corrected chi connectivity index (χ4v) is 0. The Kier molecular flexibility index (Phi) is 13.2. The van der Waals surface area contributed by atoms with E-state index in [0.29, 0.717) is 0 Å². The van der Waals surface area contributed by atoms with Gasteiger partial charge in [-0.3, -0.25) is 13.7 Å². The minimum absolute atomic E-state index is 0. The molecule has 9 nitrogen and oxygen atoms in total. The Morgan fingerprint density at radius 2 is 0.480 bits per heavy atom. The normalized spacial score (nSPS) is 13.4. The summed E-state index contributed by atoms with van der Waals surface area (Å²) in [6, 6.07) is 0. The van der Waals surface area contributed by atoms with Crippen molar-refractivity contribution in [2.75, 3.05) is 0 Å². The Bertz CT molecular complexity index is 596. The number of rotatable bonds is 0. The van der Waals surface area contributed by atoms with E-state index in [-0.39, 0.29) is 37.3 Å². The fourth-order valence-electron chi connectivity index (χ4n) is 0. The van der Waals surface area contributed by atoms with Gasteiger partial charge in [-0.15, -0.1) is 0 Å². The Morgan fingerprint density at radius 1 is 0.440 bits per heavy atom. The van der Waals surface area contributed by atoms with Gasteiger partial charge in [0, 0.05) is 37.3 Å². The molecule has 0 radical (unpaired) electrons. The van der Waals surface area contributed by atoms with Gasteiger partial charge in [0.25, 0.3) is 0 Å². The van der Waals surface area contributed by atoms with Crippen molar-refractivity contribution in [3.05, 3.63) is 0 Å². The molecule has 0 saturated heterocycles. The fraction of sp³-hybridized carbons (Fsp3) is 1.00. The zero-order valence-electron chi connectivity index (χ0n) is 10.2. The number of hydrogen-bond donors (Lipinski definition) is 3. The molecule has 25 heavy (non-hydrogen) atoms. The van der Waals surface area contributed by atoms with Crippen LogP contribution in [0.2, 0.25) is 0 Å². The number of halogens is 9. The molecule has 0 aliphatic heterocycles.